The van der Waals surface area contributed by atoms with Gasteiger partial charge in [0.05, 0.1) is 0 Å². The lowest BCUT2D eigenvalue weighted by Gasteiger charge is -2.10. The second kappa shape index (κ2) is 8.23. The van der Waals surface area contributed by atoms with E-state index in [1.807, 2.05) is 38.1 Å². The summed E-state index contributed by atoms with van der Waals surface area (Å²) in [5, 5.41) is 5.61. The molecule has 2 N–H and O–H groups in total. The van der Waals surface area contributed by atoms with Crippen LogP contribution in [0.5, 0.6) is 0 Å². The van der Waals surface area contributed by atoms with Crippen LogP contribution in [0.1, 0.15) is 37.7 Å². The minimum absolute atomic E-state index is 0.184. The van der Waals surface area contributed by atoms with E-state index in [2.05, 4.69) is 20.6 Å². The number of hydrogen-bond donors (Lipinski definition) is 2. The fraction of sp³-hybridized carbons (Fsp3) is 0.143. The minimum atomic E-state index is -0.358. The Hall–Kier alpha value is -3.54. The molecule has 0 saturated carbocycles. The van der Waals surface area contributed by atoms with Crippen LogP contribution in [-0.4, -0.2) is 21.8 Å². The van der Waals surface area contributed by atoms with Gasteiger partial charge < -0.3 is 10.6 Å². The summed E-state index contributed by atoms with van der Waals surface area (Å²) >= 11 is 0. The Kier molecular flexibility index (Phi) is 5.56. The molecule has 3 rings (SSSR count). The number of aromatic nitrogens is 2. The van der Waals surface area contributed by atoms with Crippen molar-refractivity contribution in [1.29, 1.82) is 0 Å². The topological polar surface area (TPSA) is 84.0 Å². The normalized spacial score (nSPS) is 10.3. The predicted molar refractivity (Wildman–Crippen MR) is 104 cm³/mol. The largest absolute Gasteiger partial charge is 0.347 e. The van der Waals surface area contributed by atoms with Crippen LogP contribution in [0.25, 0.3) is 0 Å². The standard InChI is InChI=1S/C21H20N4O2/c1-14-8-9-17(15(2)11-14)25-21(27)19-7-3-6-18(24-19)20(26)23-13-16-5-4-10-22-12-16/h3-12H,13H2,1-2H3,(H,23,26)(H,25,27). The van der Waals surface area contributed by atoms with Crippen LogP contribution in [0, 0.1) is 13.8 Å². The number of hydrogen-bond acceptors (Lipinski definition) is 4. The van der Waals surface area contributed by atoms with Gasteiger partial charge in [0.2, 0.25) is 0 Å². The quantitative estimate of drug-likeness (QED) is 0.731. The van der Waals surface area contributed by atoms with Crippen molar-refractivity contribution in [2.45, 2.75) is 20.4 Å². The first-order valence-corrected chi connectivity index (χ1v) is 8.56. The molecule has 0 aliphatic carbocycles. The van der Waals surface area contributed by atoms with E-state index in [1.54, 1.807) is 36.7 Å². The van der Waals surface area contributed by atoms with E-state index in [-0.39, 0.29) is 23.2 Å². The van der Waals surface area contributed by atoms with Gasteiger partial charge in [-0.2, -0.15) is 0 Å². The Morgan fingerprint density at radius 2 is 1.74 bits per heavy atom. The van der Waals surface area contributed by atoms with Crippen molar-refractivity contribution < 1.29 is 9.59 Å². The van der Waals surface area contributed by atoms with E-state index in [0.717, 1.165) is 22.4 Å². The molecule has 2 heterocycles. The molecule has 6 heteroatoms. The van der Waals surface area contributed by atoms with E-state index in [0.29, 0.717) is 6.54 Å². The van der Waals surface area contributed by atoms with Crippen LogP contribution in [0.3, 0.4) is 0 Å². The first-order valence-electron chi connectivity index (χ1n) is 8.56. The Morgan fingerprint density at radius 1 is 0.963 bits per heavy atom. The van der Waals surface area contributed by atoms with Crippen molar-refractivity contribution in [3.8, 4) is 0 Å². The van der Waals surface area contributed by atoms with E-state index in [4.69, 9.17) is 0 Å². The van der Waals surface area contributed by atoms with Gasteiger partial charge in [-0.25, -0.2) is 4.98 Å². The summed E-state index contributed by atoms with van der Waals surface area (Å²) in [5.41, 5.74) is 4.06. The average molecular weight is 360 g/mol. The zero-order chi connectivity index (χ0) is 19.2. The number of benzene rings is 1. The highest BCUT2D eigenvalue weighted by Gasteiger charge is 2.13. The monoisotopic (exact) mass is 360 g/mol. The number of amides is 2. The maximum atomic E-state index is 12.5. The molecule has 2 amide bonds. The lowest BCUT2D eigenvalue weighted by molar-refractivity contribution is 0.0945. The molecule has 3 aromatic rings. The molecule has 0 fully saturated rings. The van der Waals surface area contributed by atoms with Crippen LogP contribution >= 0.6 is 0 Å². The Balaban J connectivity index is 1.68. The third-order valence-electron chi connectivity index (χ3n) is 4.02. The summed E-state index contributed by atoms with van der Waals surface area (Å²) in [6.45, 7) is 4.26. The minimum Gasteiger partial charge on any atom is -0.347 e. The first-order chi connectivity index (χ1) is 13.0. The zero-order valence-corrected chi connectivity index (χ0v) is 15.2. The predicted octanol–water partition coefficient (Wildman–Crippen LogP) is 3.28. The molecule has 0 atom stereocenters. The molecule has 0 radical (unpaired) electrons. The fourth-order valence-electron chi connectivity index (χ4n) is 2.60. The van der Waals surface area contributed by atoms with E-state index < -0.39 is 0 Å². The van der Waals surface area contributed by atoms with Gasteiger partial charge in [-0.1, -0.05) is 29.8 Å². The van der Waals surface area contributed by atoms with E-state index in [1.165, 1.54) is 0 Å². The van der Waals surface area contributed by atoms with Crippen LogP contribution in [0.2, 0.25) is 0 Å². The Bertz CT molecular complexity index is 971. The first kappa shape index (κ1) is 18.3. The second-order valence-corrected chi connectivity index (χ2v) is 6.22. The highest BCUT2D eigenvalue weighted by Crippen LogP contribution is 2.17. The van der Waals surface area contributed by atoms with Crippen molar-refractivity contribution >= 4 is 17.5 Å². The van der Waals surface area contributed by atoms with E-state index in [9.17, 15) is 9.59 Å². The third-order valence-corrected chi connectivity index (χ3v) is 4.02. The van der Waals surface area contributed by atoms with Gasteiger partial charge in [0.25, 0.3) is 11.8 Å². The maximum Gasteiger partial charge on any atom is 0.274 e. The van der Waals surface area contributed by atoms with Crippen molar-refractivity contribution in [2.24, 2.45) is 0 Å². The van der Waals surface area contributed by atoms with Gasteiger partial charge in [-0.15, -0.1) is 0 Å². The third kappa shape index (κ3) is 4.76. The molecule has 0 bridgehead atoms. The Morgan fingerprint density at radius 3 is 2.44 bits per heavy atom. The summed E-state index contributed by atoms with van der Waals surface area (Å²) in [6, 6.07) is 14.2. The lowest BCUT2D eigenvalue weighted by Crippen LogP contribution is -2.25. The highest BCUT2D eigenvalue weighted by atomic mass is 16.2. The van der Waals surface area contributed by atoms with Gasteiger partial charge in [-0.3, -0.25) is 14.6 Å². The van der Waals surface area contributed by atoms with Crippen LogP contribution < -0.4 is 10.6 Å². The van der Waals surface area contributed by atoms with Crippen molar-refractivity contribution in [1.82, 2.24) is 15.3 Å². The smallest absolute Gasteiger partial charge is 0.274 e. The van der Waals surface area contributed by atoms with Crippen LogP contribution in [0.15, 0.2) is 60.9 Å². The summed E-state index contributed by atoms with van der Waals surface area (Å²) < 4.78 is 0. The van der Waals surface area contributed by atoms with Gasteiger partial charge in [-0.05, 0) is 49.2 Å². The summed E-state index contributed by atoms with van der Waals surface area (Å²) in [4.78, 5) is 33.0. The van der Waals surface area contributed by atoms with Crippen molar-refractivity contribution in [3.63, 3.8) is 0 Å². The van der Waals surface area contributed by atoms with E-state index >= 15 is 0 Å². The van der Waals surface area contributed by atoms with Gasteiger partial charge in [0.1, 0.15) is 11.4 Å². The summed E-state index contributed by atoms with van der Waals surface area (Å²) in [6.07, 6.45) is 3.35. The number of aryl methyl sites for hydroxylation is 2. The molecule has 0 unspecified atom stereocenters. The molecule has 0 spiro atoms. The number of carbonyl (C=O) groups excluding carboxylic acids is 2. The molecule has 0 aliphatic rings. The number of anilines is 1. The van der Waals surface area contributed by atoms with Crippen molar-refractivity contribution in [2.75, 3.05) is 5.32 Å². The van der Waals surface area contributed by atoms with Gasteiger partial charge in [0.15, 0.2) is 0 Å². The number of nitrogens with zero attached hydrogens (tertiary/aromatic N) is 2. The lowest BCUT2D eigenvalue weighted by atomic mass is 10.1. The molecule has 2 aromatic heterocycles. The van der Waals surface area contributed by atoms with Crippen LogP contribution in [-0.2, 0) is 6.54 Å². The van der Waals surface area contributed by atoms with Gasteiger partial charge >= 0.3 is 0 Å². The van der Waals surface area contributed by atoms with Crippen molar-refractivity contribution in [3.05, 3.63) is 89.0 Å². The highest BCUT2D eigenvalue weighted by molar-refractivity contribution is 6.04. The molecule has 6 nitrogen and oxygen atoms in total. The summed E-state index contributed by atoms with van der Waals surface area (Å²) in [5.74, 6) is -0.705. The second-order valence-electron chi connectivity index (χ2n) is 6.22. The average Bonchev–Trinajstić information content (AvgIpc) is 2.69. The molecular formula is C21H20N4O2. The molecule has 136 valence electrons. The Labute approximate surface area is 157 Å². The summed E-state index contributed by atoms with van der Waals surface area (Å²) in [7, 11) is 0. The molecule has 0 aliphatic heterocycles. The number of nitrogens with one attached hydrogen (secondary N) is 2. The van der Waals surface area contributed by atoms with Crippen LogP contribution in [0.4, 0.5) is 5.69 Å². The number of carbonyl (C=O) groups is 2. The zero-order valence-electron chi connectivity index (χ0n) is 15.2. The molecular weight excluding hydrogens is 340 g/mol. The maximum absolute atomic E-state index is 12.5. The number of pyridine rings is 2. The SMILES string of the molecule is Cc1ccc(NC(=O)c2cccc(C(=O)NCc3cccnc3)n2)c(C)c1. The molecule has 27 heavy (non-hydrogen) atoms. The fourth-order valence-corrected chi connectivity index (χ4v) is 2.60. The number of rotatable bonds is 5. The van der Waals surface area contributed by atoms with Gasteiger partial charge in [0, 0.05) is 24.6 Å². The molecule has 1 aromatic carbocycles. The molecule has 0 saturated heterocycles.